The van der Waals surface area contributed by atoms with Gasteiger partial charge in [-0.1, -0.05) is 48.9 Å². The zero-order valence-electron chi connectivity index (χ0n) is 19.4. The number of alkyl halides is 1. The Hall–Kier alpha value is -1.63. The number of halogens is 3. The lowest BCUT2D eigenvalue weighted by Crippen LogP contribution is -2.25. The largest absolute Gasteiger partial charge is 0.491 e. The van der Waals surface area contributed by atoms with E-state index in [1.807, 2.05) is 59.0 Å². The fourth-order valence-corrected chi connectivity index (χ4v) is 4.26. The van der Waals surface area contributed by atoms with E-state index in [0.717, 1.165) is 11.1 Å². The zero-order valence-corrected chi connectivity index (χ0v) is 23.0. The van der Waals surface area contributed by atoms with Gasteiger partial charge in [0.05, 0.1) is 24.1 Å². The summed E-state index contributed by atoms with van der Waals surface area (Å²) >= 11 is 14.1. The molecular weight excluding hydrogens is 608 g/mol. The summed E-state index contributed by atoms with van der Waals surface area (Å²) in [5.74, 6) is 1.21. The first-order chi connectivity index (χ1) is 16.6. The summed E-state index contributed by atoms with van der Waals surface area (Å²) in [7, 11) is 0. The molecule has 3 rings (SSSR count). The van der Waals surface area contributed by atoms with E-state index in [-0.39, 0.29) is 37.7 Å². The first kappa shape index (κ1) is 27.9. The fraction of sp³-hybridized carbons (Fsp3) is 0.417. The fourth-order valence-electron chi connectivity index (χ4n) is 3.37. The molecule has 0 aliphatic rings. The predicted octanol–water partition coefficient (Wildman–Crippen LogP) is 3.77. The molecule has 0 amide bonds. The topological polar surface area (TPSA) is 110 Å². The highest BCUT2D eigenvalue weighted by Crippen LogP contribution is 2.36. The van der Waals surface area contributed by atoms with Crippen LogP contribution in [0.1, 0.15) is 30.7 Å². The summed E-state index contributed by atoms with van der Waals surface area (Å²) in [6.45, 7) is 4.36. The van der Waals surface area contributed by atoms with Gasteiger partial charge in [0.15, 0.2) is 0 Å². The Morgan fingerprint density at radius 1 is 1.03 bits per heavy atom. The van der Waals surface area contributed by atoms with Crippen LogP contribution in [0, 0.1) is 3.70 Å². The van der Waals surface area contributed by atoms with Gasteiger partial charge in [-0.3, -0.25) is 0 Å². The summed E-state index contributed by atoms with van der Waals surface area (Å²) < 4.78 is 13.5. The number of hydrogen-bond donors (Lipinski definition) is 3. The second-order valence-electron chi connectivity index (χ2n) is 8.55. The molecule has 1 heterocycles. The van der Waals surface area contributed by atoms with E-state index >= 15 is 0 Å². The third-order valence-corrected chi connectivity index (χ3v) is 7.38. The number of rotatable bonds is 12. The Labute approximate surface area is 227 Å². The van der Waals surface area contributed by atoms with Gasteiger partial charge in [0.1, 0.15) is 46.3 Å². The number of aromatic nitrogens is 3. The Bertz CT molecular complexity index is 1110. The van der Waals surface area contributed by atoms with E-state index in [0.29, 0.717) is 25.9 Å². The minimum Gasteiger partial charge on any atom is -0.491 e. The van der Waals surface area contributed by atoms with Gasteiger partial charge < -0.3 is 24.8 Å². The smallest absolute Gasteiger partial charge is 0.138 e. The summed E-state index contributed by atoms with van der Waals surface area (Å²) in [6.07, 6.45) is -1.54. The average molecular weight is 636 g/mol. The van der Waals surface area contributed by atoms with E-state index in [1.165, 1.54) is 4.68 Å². The van der Waals surface area contributed by atoms with E-state index < -0.39 is 12.2 Å². The van der Waals surface area contributed by atoms with Crippen molar-refractivity contribution >= 4 is 45.8 Å². The monoisotopic (exact) mass is 635 g/mol. The van der Waals surface area contributed by atoms with E-state index in [9.17, 15) is 15.3 Å². The SMILES string of the molecule is CC(C)(c1ccc(OCC(O)Cn2nnc(CO)c2I)cc1)c1ccc(OCC(O)CCl)c(Cl)c1. The molecule has 0 aliphatic heterocycles. The lowest BCUT2D eigenvalue weighted by molar-refractivity contribution is 0.0881. The average Bonchev–Trinajstić information content (AvgIpc) is 3.20. The highest BCUT2D eigenvalue weighted by Gasteiger charge is 2.24. The molecule has 11 heteroatoms. The van der Waals surface area contributed by atoms with Crippen LogP contribution in [0.3, 0.4) is 0 Å². The maximum absolute atomic E-state index is 10.3. The summed E-state index contributed by atoms with van der Waals surface area (Å²) in [6, 6.07) is 13.3. The maximum Gasteiger partial charge on any atom is 0.138 e. The van der Waals surface area contributed by atoms with Gasteiger partial charge in [-0.25, -0.2) is 4.68 Å². The molecule has 0 spiro atoms. The Morgan fingerprint density at radius 2 is 1.69 bits per heavy atom. The third-order valence-electron chi connectivity index (χ3n) is 5.55. The van der Waals surface area contributed by atoms with Crippen LogP contribution in [0.4, 0.5) is 0 Å². The highest BCUT2D eigenvalue weighted by molar-refractivity contribution is 14.1. The predicted molar refractivity (Wildman–Crippen MR) is 142 cm³/mol. The van der Waals surface area contributed by atoms with Crippen LogP contribution >= 0.6 is 45.8 Å². The van der Waals surface area contributed by atoms with Crippen LogP contribution < -0.4 is 9.47 Å². The van der Waals surface area contributed by atoms with Crippen molar-refractivity contribution in [3.8, 4) is 11.5 Å². The quantitative estimate of drug-likeness (QED) is 0.205. The van der Waals surface area contributed by atoms with E-state index in [2.05, 4.69) is 24.2 Å². The Balaban J connectivity index is 1.60. The van der Waals surface area contributed by atoms with Gasteiger partial charge in [0.25, 0.3) is 0 Å². The molecule has 2 aromatic carbocycles. The number of benzene rings is 2. The molecule has 0 bridgehead atoms. The second kappa shape index (κ2) is 12.6. The summed E-state index contributed by atoms with van der Waals surface area (Å²) in [5.41, 5.74) is 2.19. The van der Waals surface area contributed by atoms with E-state index in [1.54, 1.807) is 6.07 Å². The minimum absolute atomic E-state index is 0.0733. The summed E-state index contributed by atoms with van der Waals surface area (Å²) in [5, 5.41) is 37.4. The molecule has 0 fully saturated rings. The number of aliphatic hydroxyl groups is 3. The highest BCUT2D eigenvalue weighted by atomic mass is 127. The van der Waals surface area contributed by atoms with Crippen molar-refractivity contribution in [2.45, 2.75) is 44.6 Å². The first-order valence-electron chi connectivity index (χ1n) is 10.9. The molecule has 0 saturated carbocycles. The first-order valence-corrected chi connectivity index (χ1v) is 12.9. The number of nitrogens with zero attached hydrogens (tertiary/aromatic N) is 3. The Kier molecular flexibility index (Phi) is 10.0. The van der Waals surface area contributed by atoms with Crippen molar-refractivity contribution in [1.29, 1.82) is 0 Å². The van der Waals surface area contributed by atoms with Crippen LogP contribution in [0.5, 0.6) is 11.5 Å². The molecular formula is C24H28Cl2IN3O5. The van der Waals surface area contributed by atoms with Gasteiger partial charge in [0, 0.05) is 5.41 Å². The normalized spacial score (nSPS) is 13.5. The molecule has 1 aromatic heterocycles. The summed E-state index contributed by atoms with van der Waals surface area (Å²) in [4.78, 5) is 0. The number of aliphatic hydroxyl groups excluding tert-OH is 3. The molecule has 3 aromatic rings. The van der Waals surface area contributed by atoms with Crippen LogP contribution in [0.15, 0.2) is 42.5 Å². The molecule has 35 heavy (non-hydrogen) atoms. The molecule has 2 atom stereocenters. The number of ether oxygens (including phenoxy) is 2. The molecule has 2 unspecified atom stereocenters. The van der Waals surface area contributed by atoms with Crippen molar-refractivity contribution in [2.24, 2.45) is 0 Å². The molecule has 0 saturated heterocycles. The van der Waals surface area contributed by atoms with Crippen LogP contribution in [0.2, 0.25) is 5.02 Å². The second-order valence-corrected chi connectivity index (χ2v) is 10.3. The molecule has 190 valence electrons. The molecule has 0 aliphatic carbocycles. The lowest BCUT2D eigenvalue weighted by Gasteiger charge is -2.27. The van der Waals surface area contributed by atoms with Crippen LogP contribution in [-0.2, 0) is 18.6 Å². The molecule has 0 radical (unpaired) electrons. The van der Waals surface area contributed by atoms with Crippen molar-refractivity contribution < 1.29 is 24.8 Å². The van der Waals surface area contributed by atoms with Gasteiger partial charge in [-0.2, -0.15) is 0 Å². The standard InChI is InChI=1S/C24H28Cl2IN3O5/c1-24(2,16-5-8-22(20(26)9-16)35-13-17(32)10-25)15-3-6-19(7-4-15)34-14-18(33)11-30-23(27)21(12-31)28-29-30/h3-9,17-18,31-33H,10-14H2,1-2H3. The van der Waals surface area contributed by atoms with Crippen LogP contribution in [-0.4, -0.2) is 61.6 Å². The van der Waals surface area contributed by atoms with Gasteiger partial charge in [0.2, 0.25) is 0 Å². The van der Waals surface area contributed by atoms with Gasteiger partial charge in [-0.05, 0) is 58.0 Å². The van der Waals surface area contributed by atoms with Gasteiger partial charge in [-0.15, -0.1) is 16.7 Å². The Morgan fingerprint density at radius 3 is 2.29 bits per heavy atom. The third kappa shape index (κ3) is 7.21. The molecule has 3 N–H and O–H groups in total. The van der Waals surface area contributed by atoms with Crippen molar-refractivity contribution in [3.05, 3.63) is 68.0 Å². The van der Waals surface area contributed by atoms with E-state index in [4.69, 9.17) is 32.7 Å². The van der Waals surface area contributed by atoms with Crippen molar-refractivity contribution in [2.75, 3.05) is 19.1 Å². The van der Waals surface area contributed by atoms with Crippen LogP contribution in [0.25, 0.3) is 0 Å². The van der Waals surface area contributed by atoms with Gasteiger partial charge >= 0.3 is 0 Å². The molecule has 8 nitrogen and oxygen atoms in total. The maximum atomic E-state index is 10.3. The number of hydrogen-bond acceptors (Lipinski definition) is 7. The minimum atomic E-state index is -0.790. The van der Waals surface area contributed by atoms with Crippen molar-refractivity contribution in [1.82, 2.24) is 15.0 Å². The lowest BCUT2D eigenvalue weighted by atomic mass is 9.78. The zero-order chi connectivity index (χ0) is 25.6. The van der Waals surface area contributed by atoms with Crippen molar-refractivity contribution in [3.63, 3.8) is 0 Å².